The predicted molar refractivity (Wildman–Crippen MR) is 126 cm³/mol. The monoisotopic (exact) mass is 472 g/mol. The van der Waals surface area contributed by atoms with Gasteiger partial charge < -0.3 is 24.6 Å². The Kier molecular flexibility index (Phi) is 10.3. The number of benzene rings is 2. The van der Waals surface area contributed by atoms with Gasteiger partial charge in [0.1, 0.15) is 30.6 Å². The summed E-state index contributed by atoms with van der Waals surface area (Å²) < 4.78 is 15.9. The van der Waals surface area contributed by atoms with E-state index in [-0.39, 0.29) is 32.7 Å². The number of aliphatic carboxylic acids is 1. The normalized spacial score (nSPS) is 11.9. The number of carbonyl (C=O) groups is 3. The Hall–Kier alpha value is -3.59. The van der Waals surface area contributed by atoms with Crippen LogP contribution in [0.1, 0.15) is 31.9 Å². The Morgan fingerprint density at radius 1 is 0.971 bits per heavy atom. The highest BCUT2D eigenvalue weighted by molar-refractivity contribution is 5.76. The van der Waals surface area contributed by atoms with Crippen molar-refractivity contribution in [1.82, 2.24) is 10.6 Å². The lowest BCUT2D eigenvalue weighted by atomic mass is 10.1. The first-order valence-corrected chi connectivity index (χ1v) is 11.0. The van der Waals surface area contributed by atoms with Crippen LogP contribution in [0.25, 0.3) is 0 Å². The number of nitrogens with one attached hydrogen (secondary N) is 2. The predicted octanol–water partition coefficient (Wildman–Crippen LogP) is 2.92. The first kappa shape index (κ1) is 26.7. The highest BCUT2D eigenvalue weighted by Crippen LogP contribution is 2.14. The molecule has 1 atom stereocenters. The SMILES string of the molecule is CC(C)(C)OC(=O)CNC(Cc1ccc(OCCNC(=O)OCc2ccccc2)cc1)C(=O)O. The molecule has 1 unspecified atom stereocenters. The topological polar surface area (TPSA) is 123 Å². The van der Waals surface area contributed by atoms with Crippen molar-refractivity contribution < 1.29 is 33.7 Å². The van der Waals surface area contributed by atoms with E-state index in [4.69, 9.17) is 14.2 Å². The van der Waals surface area contributed by atoms with Crippen molar-refractivity contribution in [2.75, 3.05) is 19.7 Å². The zero-order valence-electron chi connectivity index (χ0n) is 19.7. The van der Waals surface area contributed by atoms with Gasteiger partial charge in [0, 0.05) is 0 Å². The number of alkyl carbamates (subject to hydrolysis) is 1. The number of esters is 1. The van der Waals surface area contributed by atoms with E-state index in [2.05, 4.69) is 10.6 Å². The van der Waals surface area contributed by atoms with E-state index >= 15 is 0 Å². The number of rotatable bonds is 12. The highest BCUT2D eigenvalue weighted by Gasteiger charge is 2.21. The molecule has 2 aromatic carbocycles. The molecule has 0 fully saturated rings. The maximum atomic E-state index is 11.8. The molecule has 1 amide bonds. The lowest BCUT2D eigenvalue weighted by Gasteiger charge is -2.21. The molecule has 0 bridgehead atoms. The van der Waals surface area contributed by atoms with Crippen LogP contribution in [0.5, 0.6) is 5.75 Å². The van der Waals surface area contributed by atoms with Crippen molar-refractivity contribution >= 4 is 18.0 Å². The minimum atomic E-state index is -1.06. The molecule has 0 saturated carbocycles. The van der Waals surface area contributed by atoms with Gasteiger partial charge in [0.2, 0.25) is 0 Å². The quantitative estimate of drug-likeness (QED) is 0.318. The number of hydrogen-bond donors (Lipinski definition) is 3. The molecule has 9 heteroatoms. The van der Waals surface area contributed by atoms with Crippen molar-refractivity contribution in [1.29, 1.82) is 0 Å². The smallest absolute Gasteiger partial charge is 0.407 e. The Bertz CT molecular complexity index is 925. The van der Waals surface area contributed by atoms with Crippen LogP contribution in [-0.2, 0) is 32.1 Å². The van der Waals surface area contributed by atoms with Gasteiger partial charge in [0.15, 0.2) is 0 Å². The Labute approximate surface area is 199 Å². The van der Waals surface area contributed by atoms with Gasteiger partial charge in [-0.05, 0) is 50.5 Å². The van der Waals surface area contributed by atoms with E-state index < -0.39 is 29.7 Å². The van der Waals surface area contributed by atoms with Gasteiger partial charge in [-0.1, -0.05) is 42.5 Å². The Morgan fingerprint density at radius 2 is 1.65 bits per heavy atom. The summed E-state index contributed by atoms with van der Waals surface area (Å²) in [5.41, 5.74) is 1.03. The van der Waals surface area contributed by atoms with E-state index in [9.17, 15) is 19.5 Å². The van der Waals surface area contributed by atoms with E-state index in [1.165, 1.54) is 0 Å². The average Bonchev–Trinajstić information content (AvgIpc) is 2.78. The molecule has 2 rings (SSSR count). The fourth-order valence-corrected chi connectivity index (χ4v) is 2.88. The first-order chi connectivity index (χ1) is 16.1. The Balaban J connectivity index is 1.70. The maximum Gasteiger partial charge on any atom is 0.407 e. The van der Waals surface area contributed by atoms with Crippen LogP contribution in [0.2, 0.25) is 0 Å². The van der Waals surface area contributed by atoms with E-state index in [0.717, 1.165) is 11.1 Å². The summed E-state index contributed by atoms with van der Waals surface area (Å²) in [5.74, 6) is -0.994. The van der Waals surface area contributed by atoms with Crippen molar-refractivity contribution in [3.63, 3.8) is 0 Å². The zero-order chi connectivity index (χ0) is 25.0. The second-order valence-corrected chi connectivity index (χ2v) is 8.54. The molecule has 184 valence electrons. The van der Waals surface area contributed by atoms with Crippen LogP contribution in [0, 0.1) is 0 Å². The van der Waals surface area contributed by atoms with Gasteiger partial charge in [-0.2, -0.15) is 0 Å². The van der Waals surface area contributed by atoms with Crippen LogP contribution in [-0.4, -0.2) is 54.5 Å². The summed E-state index contributed by atoms with van der Waals surface area (Å²) in [5, 5.41) is 14.8. The number of carboxylic acid groups (broad SMARTS) is 1. The molecule has 34 heavy (non-hydrogen) atoms. The summed E-state index contributed by atoms with van der Waals surface area (Å²) in [6, 6.07) is 15.4. The molecular weight excluding hydrogens is 440 g/mol. The molecule has 0 aliphatic rings. The first-order valence-electron chi connectivity index (χ1n) is 11.0. The third-order valence-corrected chi connectivity index (χ3v) is 4.43. The van der Waals surface area contributed by atoms with Crippen LogP contribution in [0.15, 0.2) is 54.6 Å². The standard InChI is InChI=1S/C25H32N2O7/c1-25(2,3)34-22(28)16-27-21(23(29)30)15-18-9-11-20(12-10-18)32-14-13-26-24(31)33-17-19-7-5-4-6-8-19/h4-12,21,27H,13-17H2,1-3H3,(H,26,31)(H,29,30). The lowest BCUT2D eigenvalue weighted by Crippen LogP contribution is -2.42. The lowest BCUT2D eigenvalue weighted by molar-refractivity contribution is -0.154. The van der Waals surface area contributed by atoms with E-state index in [1.54, 1.807) is 45.0 Å². The maximum absolute atomic E-state index is 11.8. The minimum Gasteiger partial charge on any atom is -0.492 e. The number of carboxylic acids is 1. The van der Waals surface area contributed by atoms with Crippen molar-refractivity contribution in [3.05, 3.63) is 65.7 Å². The third-order valence-electron chi connectivity index (χ3n) is 4.43. The molecule has 0 aromatic heterocycles. The largest absolute Gasteiger partial charge is 0.492 e. The molecular formula is C25H32N2O7. The second kappa shape index (κ2) is 13.2. The summed E-state index contributed by atoms with van der Waals surface area (Å²) in [6.45, 7) is 5.75. The third kappa shape index (κ3) is 10.8. The number of ether oxygens (including phenoxy) is 3. The van der Waals surface area contributed by atoms with Gasteiger partial charge in [-0.15, -0.1) is 0 Å². The fraction of sp³-hybridized carbons (Fsp3) is 0.400. The van der Waals surface area contributed by atoms with Gasteiger partial charge >= 0.3 is 18.0 Å². The van der Waals surface area contributed by atoms with Crippen LogP contribution in [0.3, 0.4) is 0 Å². The molecule has 2 aromatic rings. The van der Waals surface area contributed by atoms with Crippen LogP contribution < -0.4 is 15.4 Å². The van der Waals surface area contributed by atoms with Crippen molar-refractivity contribution in [3.8, 4) is 5.75 Å². The van der Waals surface area contributed by atoms with E-state index in [1.807, 2.05) is 30.3 Å². The summed E-state index contributed by atoms with van der Waals surface area (Å²) in [4.78, 5) is 35.1. The van der Waals surface area contributed by atoms with Gasteiger partial charge in [-0.25, -0.2) is 4.79 Å². The molecule has 0 radical (unpaired) electrons. The second-order valence-electron chi connectivity index (χ2n) is 8.54. The molecule has 3 N–H and O–H groups in total. The Morgan fingerprint density at radius 3 is 2.26 bits per heavy atom. The number of amides is 1. The zero-order valence-corrected chi connectivity index (χ0v) is 19.7. The molecule has 0 saturated heterocycles. The molecule has 0 aliphatic carbocycles. The van der Waals surface area contributed by atoms with Crippen molar-refractivity contribution in [2.45, 2.75) is 45.4 Å². The molecule has 0 spiro atoms. The average molecular weight is 473 g/mol. The highest BCUT2D eigenvalue weighted by atomic mass is 16.6. The van der Waals surface area contributed by atoms with Gasteiger partial charge in [0.25, 0.3) is 0 Å². The number of carbonyl (C=O) groups excluding carboxylic acids is 2. The summed E-state index contributed by atoms with van der Waals surface area (Å²) >= 11 is 0. The van der Waals surface area contributed by atoms with Crippen LogP contribution >= 0.6 is 0 Å². The summed E-state index contributed by atoms with van der Waals surface area (Å²) in [6.07, 6.45) is -0.339. The van der Waals surface area contributed by atoms with Gasteiger partial charge in [0.05, 0.1) is 13.1 Å². The number of hydrogen-bond acceptors (Lipinski definition) is 7. The van der Waals surface area contributed by atoms with E-state index in [0.29, 0.717) is 5.75 Å². The summed E-state index contributed by atoms with van der Waals surface area (Å²) in [7, 11) is 0. The van der Waals surface area contributed by atoms with Gasteiger partial charge in [-0.3, -0.25) is 14.9 Å². The van der Waals surface area contributed by atoms with Crippen molar-refractivity contribution in [2.24, 2.45) is 0 Å². The minimum absolute atomic E-state index is 0.188. The molecule has 0 aliphatic heterocycles. The van der Waals surface area contributed by atoms with Crippen LogP contribution in [0.4, 0.5) is 4.79 Å². The molecule has 9 nitrogen and oxygen atoms in total. The fourth-order valence-electron chi connectivity index (χ4n) is 2.88. The molecule has 0 heterocycles.